The molecule has 1 aromatic carbocycles. The summed E-state index contributed by atoms with van der Waals surface area (Å²) < 4.78 is 7.41. The molecule has 0 aliphatic heterocycles. The molecule has 1 N–H and O–H groups in total. The standard InChI is InChI=1S/C19H23N3O2/c1-5-22-13(4)9-14-10-15(6-7-17(14)22)20-19(23)18-11-16(21-24-18)8-12(2)3/h6-7,9-12H,5,8H2,1-4H3,(H,20,23). The predicted octanol–water partition coefficient (Wildman–Crippen LogP) is 4.41. The van der Waals surface area contributed by atoms with Crippen LogP contribution < -0.4 is 5.32 Å². The maximum absolute atomic E-state index is 12.3. The molecule has 0 radical (unpaired) electrons. The largest absolute Gasteiger partial charge is 0.351 e. The van der Waals surface area contributed by atoms with Gasteiger partial charge in [0.2, 0.25) is 5.76 Å². The van der Waals surface area contributed by atoms with E-state index >= 15 is 0 Å². The average molecular weight is 325 g/mol. The third-order valence-electron chi connectivity index (χ3n) is 4.08. The SMILES string of the molecule is CCn1c(C)cc2cc(NC(=O)c3cc(CC(C)C)no3)ccc21. The van der Waals surface area contributed by atoms with Crippen molar-refractivity contribution in [3.05, 3.63) is 47.5 Å². The number of nitrogens with one attached hydrogen (secondary N) is 1. The van der Waals surface area contributed by atoms with E-state index in [0.29, 0.717) is 5.92 Å². The van der Waals surface area contributed by atoms with Gasteiger partial charge in [-0.25, -0.2) is 0 Å². The van der Waals surface area contributed by atoms with Gasteiger partial charge in [-0.3, -0.25) is 4.79 Å². The van der Waals surface area contributed by atoms with Crippen molar-refractivity contribution in [2.75, 3.05) is 5.32 Å². The lowest BCUT2D eigenvalue weighted by atomic mass is 10.1. The van der Waals surface area contributed by atoms with Crippen LogP contribution in [0.5, 0.6) is 0 Å². The normalized spacial score (nSPS) is 11.4. The van der Waals surface area contributed by atoms with Crippen LogP contribution in [0.3, 0.4) is 0 Å². The van der Waals surface area contributed by atoms with Crippen LogP contribution in [0.4, 0.5) is 5.69 Å². The highest BCUT2D eigenvalue weighted by atomic mass is 16.5. The summed E-state index contributed by atoms with van der Waals surface area (Å²) in [4.78, 5) is 12.3. The zero-order valence-electron chi connectivity index (χ0n) is 14.6. The van der Waals surface area contributed by atoms with Gasteiger partial charge in [-0.05, 0) is 50.5 Å². The number of anilines is 1. The topological polar surface area (TPSA) is 60.1 Å². The van der Waals surface area contributed by atoms with Crippen LogP contribution in [-0.2, 0) is 13.0 Å². The summed E-state index contributed by atoms with van der Waals surface area (Å²) in [6, 6.07) is 9.77. The third kappa shape index (κ3) is 3.20. The molecule has 126 valence electrons. The summed E-state index contributed by atoms with van der Waals surface area (Å²) in [5.74, 6) is 0.441. The first-order valence-electron chi connectivity index (χ1n) is 8.34. The first-order chi connectivity index (χ1) is 11.5. The molecule has 2 heterocycles. The molecule has 0 unspecified atom stereocenters. The lowest BCUT2D eigenvalue weighted by Crippen LogP contribution is -2.10. The molecular formula is C19H23N3O2. The molecule has 0 aliphatic rings. The number of aryl methyl sites for hydroxylation is 2. The summed E-state index contributed by atoms with van der Waals surface area (Å²) in [7, 11) is 0. The van der Waals surface area contributed by atoms with Crippen LogP contribution in [0, 0.1) is 12.8 Å². The highest BCUT2D eigenvalue weighted by Crippen LogP contribution is 2.23. The van der Waals surface area contributed by atoms with Crippen molar-refractivity contribution < 1.29 is 9.32 Å². The molecule has 3 rings (SSSR count). The Hall–Kier alpha value is -2.56. The minimum Gasteiger partial charge on any atom is -0.351 e. The molecule has 0 aliphatic carbocycles. The van der Waals surface area contributed by atoms with E-state index < -0.39 is 0 Å². The molecule has 0 fully saturated rings. The van der Waals surface area contributed by atoms with E-state index in [2.05, 4.69) is 48.8 Å². The number of hydrogen-bond donors (Lipinski definition) is 1. The number of fused-ring (bicyclic) bond motifs is 1. The molecule has 0 spiro atoms. The van der Waals surface area contributed by atoms with E-state index in [-0.39, 0.29) is 11.7 Å². The van der Waals surface area contributed by atoms with Gasteiger partial charge < -0.3 is 14.4 Å². The van der Waals surface area contributed by atoms with Gasteiger partial charge in [0.25, 0.3) is 5.91 Å². The number of amides is 1. The molecule has 5 heteroatoms. The van der Waals surface area contributed by atoms with Crippen LogP contribution in [0.2, 0.25) is 0 Å². The van der Waals surface area contributed by atoms with Crippen LogP contribution in [0.25, 0.3) is 10.9 Å². The van der Waals surface area contributed by atoms with Crippen LogP contribution in [-0.4, -0.2) is 15.6 Å². The predicted molar refractivity (Wildman–Crippen MR) is 95.3 cm³/mol. The van der Waals surface area contributed by atoms with Crippen molar-refractivity contribution in [2.24, 2.45) is 5.92 Å². The molecule has 0 bridgehead atoms. The van der Waals surface area contributed by atoms with Gasteiger partial charge in [0, 0.05) is 34.9 Å². The lowest BCUT2D eigenvalue weighted by molar-refractivity contribution is 0.0988. The number of hydrogen-bond acceptors (Lipinski definition) is 3. The first kappa shape index (κ1) is 16.3. The number of carbonyl (C=O) groups is 1. The van der Waals surface area contributed by atoms with Crippen LogP contribution in [0.1, 0.15) is 42.7 Å². The molecule has 5 nitrogen and oxygen atoms in total. The van der Waals surface area contributed by atoms with Gasteiger partial charge in [-0.2, -0.15) is 0 Å². The van der Waals surface area contributed by atoms with Gasteiger partial charge >= 0.3 is 0 Å². The van der Waals surface area contributed by atoms with E-state index in [0.717, 1.165) is 29.7 Å². The molecule has 0 atom stereocenters. The van der Waals surface area contributed by atoms with Crippen molar-refractivity contribution in [1.82, 2.24) is 9.72 Å². The Morgan fingerprint density at radius 1 is 1.29 bits per heavy atom. The molecule has 0 saturated heterocycles. The van der Waals surface area contributed by atoms with Gasteiger partial charge in [-0.1, -0.05) is 19.0 Å². The molecule has 0 saturated carbocycles. The highest BCUT2D eigenvalue weighted by molar-refractivity contribution is 6.03. The van der Waals surface area contributed by atoms with E-state index in [9.17, 15) is 4.79 Å². The Morgan fingerprint density at radius 3 is 2.79 bits per heavy atom. The van der Waals surface area contributed by atoms with Crippen molar-refractivity contribution in [3.63, 3.8) is 0 Å². The lowest BCUT2D eigenvalue weighted by Gasteiger charge is -2.05. The van der Waals surface area contributed by atoms with Crippen molar-refractivity contribution >= 4 is 22.5 Å². The Morgan fingerprint density at radius 2 is 2.08 bits per heavy atom. The van der Waals surface area contributed by atoms with Gasteiger partial charge in [0.05, 0.1) is 5.69 Å². The summed E-state index contributed by atoms with van der Waals surface area (Å²) in [6.07, 6.45) is 0.798. The summed E-state index contributed by atoms with van der Waals surface area (Å²) in [5.41, 5.74) is 3.94. The van der Waals surface area contributed by atoms with Crippen molar-refractivity contribution in [1.29, 1.82) is 0 Å². The highest BCUT2D eigenvalue weighted by Gasteiger charge is 2.14. The molecule has 3 aromatic rings. The van der Waals surface area contributed by atoms with Gasteiger partial charge in [0.15, 0.2) is 0 Å². The Kier molecular flexibility index (Phi) is 4.42. The number of benzene rings is 1. The average Bonchev–Trinajstić information content (AvgIpc) is 3.09. The minimum atomic E-state index is -0.275. The van der Waals surface area contributed by atoms with E-state index in [1.165, 1.54) is 11.2 Å². The summed E-state index contributed by atoms with van der Waals surface area (Å²) in [6.45, 7) is 9.35. The third-order valence-corrected chi connectivity index (χ3v) is 4.08. The zero-order valence-corrected chi connectivity index (χ0v) is 14.6. The fourth-order valence-electron chi connectivity index (χ4n) is 3.03. The quantitative estimate of drug-likeness (QED) is 0.756. The molecular weight excluding hydrogens is 302 g/mol. The maximum atomic E-state index is 12.3. The first-order valence-corrected chi connectivity index (χ1v) is 8.34. The molecule has 2 aromatic heterocycles. The second-order valence-electron chi connectivity index (χ2n) is 6.54. The Labute approximate surface area is 141 Å². The Balaban J connectivity index is 1.79. The Bertz CT molecular complexity index is 874. The van der Waals surface area contributed by atoms with E-state index in [1.54, 1.807) is 6.07 Å². The number of carbonyl (C=O) groups excluding carboxylic acids is 1. The second-order valence-corrected chi connectivity index (χ2v) is 6.54. The fraction of sp³-hybridized carbons (Fsp3) is 0.368. The van der Waals surface area contributed by atoms with Crippen molar-refractivity contribution in [2.45, 2.75) is 40.7 Å². The summed E-state index contributed by atoms with van der Waals surface area (Å²) >= 11 is 0. The molecule has 1 amide bonds. The van der Waals surface area contributed by atoms with Crippen molar-refractivity contribution in [3.8, 4) is 0 Å². The number of nitrogens with zero attached hydrogens (tertiary/aromatic N) is 2. The van der Waals surface area contributed by atoms with Gasteiger partial charge in [-0.15, -0.1) is 0 Å². The molecule has 24 heavy (non-hydrogen) atoms. The smallest absolute Gasteiger partial charge is 0.294 e. The number of rotatable bonds is 5. The number of aromatic nitrogens is 2. The van der Waals surface area contributed by atoms with Crippen LogP contribution in [0.15, 0.2) is 34.9 Å². The minimum absolute atomic E-state index is 0.244. The second kappa shape index (κ2) is 6.51. The monoisotopic (exact) mass is 325 g/mol. The fourth-order valence-corrected chi connectivity index (χ4v) is 3.03. The van der Waals surface area contributed by atoms with E-state index in [1.807, 2.05) is 18.2 Å². The van der Waals surface area contributed by atoms with Crippen LogP contribution >= 0.6 is 0 Å². The van der Waals surface area contributed by atoms with Gasteiger partial charge in [0.1, 0.15) is 0 Å². The summed E-state index contributed by atoms with van der Waals surface area (Å²) in [5, 5.41) is 7.95. The van der Waals surface area contributed by atoms with E-state index in [4.69, 9.17) is 4.52 Å². The maximum Gasteiger partial charge on any atom is 0.294 e. The zero-order chi connectivity index (χ0) is 17.3.